The number of likely N-dealkylation sites (tertiary alicyclic amines) is 1. The van der Waals surface area contributed by atoms with Crippen molar-refractivity contribution in [2.45, 2.75) is 91.0 Å². The van der Waals surface area contributed by atoms with Gasteiger partial charge in [-0.2, -0.15) is 0 Å². The van der Waals surface area contributed by atoms with Crippen LogP contribution < -0.4 is 10.6 Å². The third-order valence-electron chi connectivity index (χ3n) is 5.89. The lowest BCUT2D eigenvalue weighted by Gasteiger charge is -2.36. The molecule has 31 heavy (non-hydrogen) atoms. The summed E-state index contributed by atoms with van der Waals surface area (Å²) in [4.78, 5) is 52.5. The van der Waals surface area contributed by atoms with Gasteiger partial charge in [0.1, 0.15) is 23.2 Å². The van der Waals surface area contributed by atoms with Gasteiger partial charge in [0.05, 0.1) is 0 Å². The molecule has 1 aliphatic heterocycles. The molecule has 0 spiro atoms. The number of ether oxygens (including phenoxy) is 1. The van der Waals surface area contributed by atoms with Crippen molar-refractivity contribution in [3.05, 3.63) is 12.7 Å². The molecule has 0 aromatic rings. The Morgan fingerprint density at radius 2 is 1.77 bits per heavy atom. The Bertz CT molecular complexity index is 764. The summed E-state index contributed by atoms with van der Waals surface area (Å²) in [6.07, 6.45) is 2.71. The lowest BCUT2D eigenvalue weighted by Crippen LogP contribution is -2.59. The summed E-state index contributed by atoms with van der Waals surface area (Å²) in [5.41, 5.74) is -2.20. The van der Waals surface area contributed by atoms with E-state index >= 15 is 0 Å². The number of alkyl carbamates (subject to hydrolysis) is 1. The smallest absolute Gasteiger partial charge is 0.408 e. The van der Waals surface area contributed by atoms with E-state index in [1.54, 1.807) is 26.8 Å². The Hall–Kier alpha value is -2.38. The number of amides is 3. The fourth-order valence-electron chi connectivity index (χ4n) is 4.06. The maximum absolute atomic E-state index is 13.4. The van der Waals surface area contributed by atoms with E-state index in [2.05, 4.69) is 17.2 Å². The molecule has 2 fully saturated rings. The molecule has 1 heterocycles. The maximum atomic E-state index is 13.4. The van der Waals surface area contributed by atoms with Crippen LogP contribution in [0.2, 0.25) is 0 Å². The van der Waals surface area contributed by atoms with Crippen molar-refractivity contribution in [3.8, 4) is 0 Å². The first-order chi connectivity index (χ1) is 14.1. The van der Waals surface area contributed by atoms with Crippen LogP contribution >= 0.6 is 0 Å². The highest BCUT2D eigenvalue weighted by Crippen LogP contribution is 2.45. The van der Waals surface area contributed by atoms with Gasteiger partial charge in [-0.3, -0.25) is 14.4 Å². The summed E-state index contributed by atoms with van der Waals surface area (Å²) < 4.78 is 5.33. The third kappa shape index (κ3) is 5.66. The van der Waals surface area contributed by atoms with Crippen LogP contribution in [0.5, 0.6) is 0 Å². The molecular formula is C23H37N3O5. The quantitative estimate of drug-likeness (QED) is 0.624. The predicted molar refractivity (Wildman–Crippen MR) is 117 cm³/mol. The third-order valence-corrected chi connectivity index (χ3v) is 5.89. The number of ketones is 1. The largest absolute Gasteiger partial charge is 0.444 e. The zero-order valence-corrected chi connectivity index (χ0v) is 19.8. The topological polar surface area (TPSA) is 105 Å². The molecule has 2 aliphatic rings. The normalized spacial score (nSPS) is 26.6. The molecule has 2 rings (SSSR count). The molecule has 0 unspecified atom stereocenters. The summed E-state index contributed by atoms with van der Waals surface area (Å²) in [5, 5.41) is 5.57. The zero-order chi connectivity index (χ0) is 23.8. The second-order valence-electron chi connectivity index (χ2n) is 10.7. The van der Waals surface area contributed by atoms with Gasteiger partial charge in [-0.05, 0) is 52.4 Å². The van der Waals surface area contributed by atoms with Crippen molar-refractivity contribution in [1.82, 2.24) is 15.5 Å². The SMILES string of the molecule is C=C[C@@H]1C[C@]1(NC(=O)[C@@H]1CCCN1C(=O)[C@@H](NC(=O)OC(C)(C)C)C(C)(C)C)C(C)=O. The van der Waals surface area contributed by atoms with Gasteiger partial charge < -0.3 is 20.3 Å². The van der Waals surface area contributed by atoms with Gasteiger partial charge in [0.25, 0.3) is 0 Å². The van der Waals surface area contributed by atoms with E-state index in [1.807, 2.05) is 20.8 Å². The van der Waals surface area contributed by atoms with Crippen LogP contribution in [0.4, 0.5) is 4.79 Å². The molecule has 8 nitrogen and oxygen atoms in total. The first kappa shape index (κ1) is 24.9. The second kappa shape index (κ2) is 8.63. The minimum atomic E-state index is -0.908. The molecule has 0 radical (unpaired) electrons. The molecule has 0 bridgehead atoms. The van der Waals surface area contributed by atoms with Crippen molar-refractivity contribution in [1.29, 1.82) is 0 Å². The fraction of sp³-hybridized carbons (Fsp3) is 0.739. The average molecular weight is 436 g/mol. The monoisotopic (exact) mass is 435 g/mol. The van der Waals surface area contributed by atoms with E-state index in [-0.39, 0.29) is 23.5 Å². The average Bonchev–Trinajstić information content (AvgIpc) is 3.10. The van der Waals surface area contributed by atoms with Gasteiger partial charge in [-0.25, -0.2) is 4.79 Å². The number of carbonyl (C=O) groups excluding carboxylic acids is 4. The van der Waals surface area contributed by atoms with E-state index in [4.69, 9.17) is 4.74 Å². The van der Waals surface area contributed by atoms with Crippen molar-refractivity contribution in [3.63, 3.8) is 0 Å². The van der Waals surface area contributed by atoms with Crippen LogP contribution in [0, 0.1) is 11.3 Å². The van der Waals surface area contributed by atoms with Crippen LogP contribution in [-0.2, 0) is 19.1 Å². The summed E-state index contributed by atoms with van der Waals surface area (Å²) in [6, 6.07) is -1.54. The lowest BCUT2D eigenvalue weighted by molar-refractivity contribution is -0.142. The van der Waals surface area contributed by atoms with Crippen molar-refractivity contribution in [2.75, 3.05) is 6.54 Å². The first-order valence-corrected chi connectivity index (χ1v) is 10.9. The minimum absolute atomic E-state index is 0.0873. The molecule has 1 saturated carbocycles. The molecular weight excluding hydrogens is 398 g/mol. The van der Waals surface area contributed by atoms with E-state index < -0.39 is 34.7 Å². The molecule has 174 valence electrons. The van der Waals surface area contributed by atoms with Gasteiger partial charge >= 0.3 is 6.09 Å². The summed E-state index contributed by atoms with van der Waals surface area (Å²) in [7, 11) is 0. The zero-order valence-electron chi connectivity index (χ0n) is 19.8. The maximum Gasteiger partial charge on any atom is 0.408 e. The standard InChI is InChI=1S/C23H37N3O5/c1-9-15-13-23(15,14(2)27)25-18(28)16-11-10-12-26(16)19(29)17(21(3,4)5)24-20(30)31-22(6,7)8/h9,15-17H,1,10-13H2,2-8H3,(H,24,30)(H,25,28)/t15-,16+,17-,23+/m1/s1. The van der Waals surface area contributed by atoms with E-state index in [1.165, 1.54) is 11.8 Å². The highest BCUT2D eigenvalue weighted by Gasteiger charge is 2.58. The van der Waals surface area contributed by atoms with Crippen LogP contribution in [0.1, 0.15) is 67.7 Å². The minimum Gasteiger partial charge on any atom is -0.444 e. The highest BCUT2D eigenvalue weighted by molar-refractivity contribution is 5.98. The molecule has 0 aromatic heterocycles. The van der Waals surface area contributed by atoms with Crippen LogP contribution in [0.25, 0.3) is 0 Å². The van der Waals surface area contributed by atoms with Crippen molar-refractivity contribution < 1.29 is 23.9 Å². The highest BCUT2D eigenvalue weighted by atomic mass is 16.6. The number of nitrogens with zero attached hydrogens (tertiary/aromatic N) is 1. The number of nitrogens with one attached hydrogen (secondary N) is 2. The second-order valence-corrected chi connectivity index (χ2v) is 10.7. The van der Waals surface area contributed by atoms with Crippen molar-refractivity contribution >= 4 is 23.7 Å². The van der Waals surface area contributed by atoms with Crippen LogP contribution in [0.15, 0.2) is 12.7 Å². The van der Waals surface area contributed by atoms with E-state index in [0.29, 0.717) is 25.8 Å². The number of carbonyl (C=O) groups is 4. The summed E-state index contributed by atoms with van der Waals surface area (Å²) >= 11 is 0. The van der Waals surface area contributed by atoms with E-state index in [9.17, 15) is 19.2 Å². The fourth-order valence-corrected chi connectivity index (χ4v) is 4.06. The first-order valence-electron chi connectivity index (χ1n) is 10.9. The molecule has 1 aliphatic carbocycles. The predicted octanol–water partition coefficient (Wildman–Crippen LogP) is 2.57. The summed E-state index contributed by atoms with van der Waals surface area (Å²) in [6.45, 7) is 16.4. The van der Waals surface area contributed by atoms with E-state index in [0.717, 1.165) is 0 Å². The number of rotatable bonds is 6. The van der Waals surface area contributed by atoms with Gasteiger partial charge in [0.2, 0.25) is 11.8 Å². The number of Topliss-reactive ketones (excluding diaryl/α,β-unsaturated/α-hetero) is 1. The van der Waals surface area contributed by atoms with Crippen molar-refractivity contribution in [2.24, 2.45) is 11.3 Å². The van der Waals surface area contributed by atoms with Gasteiger partial charge in [-0.15, -0.1) is 6.58 Å². The Balaban J connectivity index is 2.17. The lowest BCUT2D eigenvalue weighted by atomic mass is 9.85. The van der Waals surface area contributed by atoms with Crippen LogP contribution in [-0.4, -0.2) is 58.4 Å². The molecule has 8 heteroatoms. The molecule has 4 atom stereocenters. The Morgan fingerprint density at radius 1 is 1.16 bits per heavy atom. The molecule has 3 amide bonds. The van der Waals surface area contributed by atoms with Crippen LogP contribution in [0.3, 0.4) is 0 Å². The Labute approximate surface area is 185 Å². The number of hydrogen-bond acceptors (Lipinski definition) is 5. The summed E-state index contributed by atoms with van der Waals surface area (Å²) in [5.74, 6) is -0.865. The molecule has 1 saturated heterocycles. The van der Waals surface area contributed by atoms with Gasteiger partial charge in [-0.1, -0.05) is 26.8 Å². The number of hydrogen-bond donors (Lipinski definition) is 2. The van der Waals surface area contributed by atoms with Gasteiger partial charge in [0.15, 0.2) is 5.78 Å². The van der Waals surface area contributed by atoms with Gasteiger partial charge in [0, 0.05) is 12.5 Å². The Morgan fingerprint density at radius 3 is 2.23 bits per heavy atom. The molecule has 2 N–H and O–H groups in total. The Kier molecular flexibility index (Phi) is 6.93. The molecule has 0 aromatic carbocycles.